The molecule has 0 spiro atoms. The zero-order valence-corrected chi connectivity index (χ0v) is 7.71. The van der Waals surface area contributed by atoms with Crippen LogP contribution in [0.4, 0.5) is 0 Å². The maximum Gasteiger partial charge on any atom is 0.105 e. The topological polar surface area (TPSA) is 66.5 Å². The van der Waals surface area contributed by atoms with Gasteiger partial charge in [0.2, 0.25) is 0 Å². The van der Waals surface area contributed by atoms with E-state index in [-0.39, 0.29) is 6.61 Å². The van der Waals surface area contributed by atoms with E-state index in [1.807, 2.05) is 18.4 Å². The summed E-state index contributed by atoms with van der Waals surface area (Å²) in [7, 11) is 0. The lowest BCUT2D eigenvalue weighted by Crippen LogP contribution is -2.31. The average Bonchev–Trinajstić information content (AvgIpc) is 2.49. The molecule has 1 aromatic heterocycles. The molecule has 0 amide bonds. The third-order valence-corrected chi connectivity index (χ3v) is 2.78. The maximum atomic E-state index is 9.53. The summed E-state index contributed by atoms with van der Waals surface area (Å²) in [6.45, 7) is 1.76. The van der Waals surface area contributed by atoms with Crippen LogP contribution in [0.3, 0.4) is 0 Å². The lowest BCUT2D eigenvalue weighted by atomic mass is 10.1. The number of hydrogen-bond donors (Lipinski definition) is 3. The molecule has 0 aliphatic heterocycles. The molecule has 2 atom stereocenters. The molecular formula is C8H13NO2S. The van der Waals surface area contributed by atoms with E-state index in [9.17, 15) is 5.11 Å². The summed E-state index contributed by atoms with van der Waals surface area (Å²) in [6, 6.07) is 1.30. The number of rotatable bonds is 3. The van der Waals surface area contributed by atoms with Gasteiger partial charge in [-0.3, -0.25) is 0 Å². The Kier molecular flexibility index (Phi) is 3.22. The first-order valence-electron chi connectivity index (χ1n) is 3.74. The number of aliphatic hydroxyl groups is 2. The number of hydrogen-bond acceptors (Lipinski definition) is 4. The highest BCUT2D eigenvalue weighted by molar-refractivity contribution is 7.10. The van der Waals surface area contributed by atoms with Crippen molar-refractivity contribution in [2.24, 2.45) is 5.73 Å². The average molecular weight is 187 g/mol. The first kappa shape index (κ1) is 9.67. The Morgan fingerprint density at radius 1 is 1.67 bits per heavy atom. The Bertz CT molecular complexity index is 249. The molecule has 0 bridgehead atoms. The van der Waals surface area contributed by atoms with Crippen LogP contribution in [-0.2, 0) is 0 Å². The van der Waals surface area contributed by atoms with Crippen LogP contribution in [-0.4, -0.2) is 22.9 Å². The number of nitrogens with two attached hydrogens (primary N) is 1. The Labute approximate surface area is 75.5 Å². The van der Waals surface area contributed by atoms with Gasteiger partial charge in [-0.25, -0.2) is 0 Å². The lowest BCUT2D eigenvalue weighted by Gasteiger charge is -2.14. The highest BCUT2D eigenvalue weighted by atomic mass is 32.1. The van der Waals surface area contributed by atoms with Crippen LogP contribution < -0.4 is 5.73 Å². The Morgan fingerprint density at radius 3 is 2.75 bits per heavy atom. The van der Waals surface area contributed by atoms with E-state index in [0.29, 0.717) is 0 Å². The predicted molar refractivity (Wildman–Crippen MR) is 49.1 cm³/mol. The van der Waals surface area contributed by atoms with Crippen molar-refractivity contribution in [3.8, 4) is 0 Å². The normalized spacial score (nSPS) is 16.0. The Morgan fingerprint density at radius 2 is 2.33 bits per heavy atom. The van der Waals surface area contributed by atoms with Gasteiger partial charge in [-0.15, -0.1) is 11.3 Å². The van der Waals surface area contributed by atoms with Gasteiger partial charge in [0.05, 0.1) is 12.6 Å². The van der Waals surface area contributed by atoms with Gasteiger partial charge in [0.15, 0.2) is 0 Å². The highest BCUT2D eigenvalue weighted by Gasteiger charge is 2.16. The van der Waals surface area contributed by atoms with Crippen molar-refractivity contribution < 1.29 is 10.2 Å². The summed E-state index contributed by atoms with van der Waals surface area (Å²) in [5, 5.41) is 20.2. The largest absolute Gasteiger partial charge is 0.395 e. The molecule has 1 rings (SSSR count). The van der Waals surface area contributed by atoms with Crippen LogP contribution in [0.15, 0.2) is 11.4 Å². The van der Waals surface area contributed by atoms with Gasteiger partial charge in [0.25, 0.3) is 0 Å². The summed E-state index contributed by atoms with van der Waals surface area (Å²) in [5.41, 5.74) is 6.57. The number of aliphatic hydroxyl groups excluding tert-OH is 2. The van der Waals surface area contributed by atoms with Crippen LogP contribution in [0, 0.1) is 6.92 Å². The molecule has 12 heavy (non-hydrogen) atoms. The fourth-order valence-electron chi connectivity index (χ4n) is 0.919. The smallest absolute Gasteiger partial charge is 0.105 e. The van der Waals surface area contributed by atoms with E-state index >= 15 is 0 Å². The number of aryl methyl sites for hydroxylation is 1. The molecule has 0 fully saturated rings. The van der Waals surface area contributed by atoms with Gasteiger partial charge in [0.1, 0.15) is 6.10 Å². The van der Waals surface area contributed by atoms with Crippen molar-refractivity contribution >= 4 is 11.3 Å². The summed E-state index contributed by atoms with van der Waals surface area (Å²) >= 11 is 1.46. The van der Waals surface area contributed by atoms with E-state index in [4.69, 9.17) is 10.8 Å². The van der Waals surface area contributed by atoms with E-state index in [0.717, 1.165) is 10.4 Å². The quantitative estimate of drug-likeness (QED) is 0.642. The van der Waals surface area contributed by atoms with Crippen molar-refractivity contribution in [2.75, 3.05) is 6.61 Å². The van der Waals surface area contributed by atoms with E-state index in [2.05, 4.69) is 0 Å². The van der Waals surface area contributed by atoms with Crippen LogP contribution in [0.1, 0.15) is 16.5 Å². The summed E-state index contributed by atoms with van der Waals surface area (Å²) in [4.78, 5) is 0.814. The van der Waals surface area contributed by atoms with Crippen molar-refractivity contribution in [1.82, 2.24) is 0 Å². The number of thiophene rings is 1. The second-order valence-corrected chi connectivity index (χ2v) is 3.76. The molecule has 0 saturated heterocycles. The highest BCUT2D eigenvalue weighted by Crippen LogP contribution is 2.23. The molecule has 1 heterocycles. The Balaban J connectivity index is 2.70. The molecule has 0 radical (unpaired) electrons. The van der Waals surface area contributed by atoms with E-state index in [1.54, 1.807) is 0 Å². The van der Waals surface area contributed by atoms with Crippen molar-refractivity contribution in [1.29, 1.82) is 0 Å². The van der Waals surface area contributed by atoms with E-state index in [1.165, 1.54) is 11.3 Å². The standard InChI is InChI=1S/C8H13NO2S/c1-5-2-7(12-4-5)8(11)6(9)3-10/h2,4,6,8,10-11H,3,9H2,1H3/t6-,8?/m1/s1. The minimum atomic E-state index is -0.742. The van der Waals surface area contributed by atoms with Gasteiger partial charge >= 0.3 is 0 Å². The Hall–Kier alpha value is -0.420. The van der Waals surface area contributed by atoms with Gasteiger partial charge in [-0.2, -0.15) is 0 Å². The summed E-state index contributed by atoms with van der Waals surface area (Å²) in [6.07, 6.45) is -0.742. The molecule has 0 aliphatic carbocycles. The molecule has 4 heteroatoms. The molecule has 1 unspecified atom stereocenters. The predicted octanol–water partition coefficient (Wildman–Crippen LogP) is 0.410. The van der Waals surface area contributed by atoms with Gasteiger partial charge in [0, 0.05) is 4.88 Å². The van der Waals surface area contributed by atoms with Gasteiger partial charge in [-0.05, 0) is 23.9 Å². The van der Waals surface area contributed by atoms with Crippen LogP contribution in [0.2, 0.25) is 0 Å². The van der Waals surface area contributed by atoms with Crippen LogP contribution in [0.5, 0.6) is 0 Å². The third-order valence-electron chi connectivity index (χ3n) is 1.66. The zero-order valence-electron chi connectivity index (χ0n) is 6.90. The van der Waals surface area contributed by atoms with Gasteiger partial charge in [-0.1, -0.05) is 0 Å². The first-order valence-corrected chi connectivity index (χ1v) is 4.62. The molecule has 68 valence electrons. The molecule has 4 N–H and O–H groups in total. The second kappa shape index (κ2) is 4.00. The fourth-order valence-corrected chi connectivity index (χ4v) is 1.88. The van der Waals surface area contributed by atoms with Crippen molar-refractivity contribution in [3.63, 3.8) is 0 Å². The first-order chi connectivity index (χ1) is 5.65. The van der Waals surface area contributed by atoms with Crippen molar-refractivity contribution in [3.05, 3.63) is 21.9 Å². The van der Waals surface area contributed by atoms with Gasteiger partial charge < -0.3 is 15.9 Å². The third kappa shape index (κ3) is 2.04. The minimum absolute atomic E-state index is 0.196. The SMILES string of the molecule is Cc1csc(C(O)[C@H](N)CO)c1. The molecule has 3 nitrogen and oxygen atoms in total. The second-order valence-electron chi connectivity index (χ2n) is 2.82. The maximum absolute atomic E-state index is 9.53. The monoisotopic (exact) mass is 187 g/mol. The van der Waals surface area contributed by atoms with Crippen LogP contribution >= 0.6 is 11.3 Å². The molecule has 1 aromatic rings. The summed E-state index contributed by atoms with van der Waals surface area (Å²) < 4.78 is 0. The van der Waals surface area contributed by atoms with Crippen LogP contribution in [0.25, 0.3) is 0 Å². The van der Waals surface area contributed by atoms with E-state index < -0.39 is 12.1 Å². The lowest BCUT2D eigenvalue weighted by molar-refractivity contribution is 0.112. The zero-order chi connectivity index (χ0) is 9.14. The van der Waals surface area contributed by atoms with Crippen molar-refractivity contribution in [2.45, 2.75) is 19.1 Å². The molecule has 0 saturated carbocycles. The minimum Gasteiger partial charge on any atom is -0.395 e. The molecule has 0 aromatic carbocycles. The fraction of sp³-hybridized carbons (Fsp3) is 0.500. The summed E-state index contributed by atoms with van der Waals surface area (Å²) in [5.74, 6) is 0. The molecule has 0 aliphatic rings. The molecular weight excluding hydrogens is 174 g/mol.